The number of hydrogen-bond donors (Lipinski definition) is 1. The number of pyridine rings is 2. The summed E-state index contributed by atoms with van der Waals surface area (Å²) in [5, 5.41) is 3.74. The fraction of sp³-hybridized carbons (Fsp3) is 0.500. The first-order chi connectivity index (χ1) is 17.0. The van der Waals surface area contributed by atoms with Crippen molar-refractivity contribution in [2.75, 3.05) is 38.4 Å². The Morgan fingerprint density at radius 1 is 1.31 bits per heavy atom. The summed E-state index contributed by atoms with van der Waals surface area (Å²) >= 11 is 0. The number of rotatable bonds is 5. The van der Waals surface area contributed by atoms with Crippen LogP contribution < -0.4 is 10.1 Å². The SMILES string of the molecule is CC(=O)Nc1cc2c(-c3cc(OCC4CCCO4)c4c(n3)C3(CCOC3)OCC4)cn(C)c2cn1. The Labute approximate surface area is 203 Å². The lowest BCUT2D eigenvalue weighted by molar-refractivity contribution is -0.114. The molecule has 6 heterocycles. The monoisotopic (exact) mass is 478 g/mol. The van der Waals surface area contributed by atoms with E-state index in [9.17, 15) is 4.79 Å². The molecular formula is C26H30N4O5. The van der Waals surface area contributed by atoms with Crippen LogP contribution in [0.4, 0.5) is 5.82 Å². The van der Waals surface area contributed by atoms with E-state index in [2.05, 4.69) is 10.3 Å². The first kappa shape index (κ1) is 22.5. The second kappa shape index (κ2) is 8.89. The molecule has 3 aliphatic rings. The first-order valence-electron chi connectivity index (χ1n) is 12.3. The number of anilines is 1. The number of nitrogens with one attached hydrogen (secondary N) is 1. The van der Waals surface area contributed by atoms with E-state index >= 15 is 0 Å². The highest BCUT2D eigenvalue weighted by Gasteiger charge is 2.44. The van der Waals surface area contributed by atoms with Crippen molar-refractivity contribution in [2.45, 2.75) is 44.3 Å². The molecule has 35 heavy (non-hydrogen) atoms. The second-order valence-corrected chi connectivity index (χ2v) is 9.60. The molecule has 1 N–H and O–H groups in total. The quantitative estimate of drug-likeness (QED) is 0.601. The van der Waals surface area contributed by atoms with Crippen LogP contribution in [0.5, 0.6) is 5.75 Å². The van der Waals surface area contributed by atoms with Gasteiger partial charge in [-0.25, -0.2) is 9.97 Å². The van der Waals surface area contributed by atoms with Crippen molar-refractivity contribution < 1.29 is 23.7 Å². The molecule has 184 valence electrons. The Hall–Kier alpha value is -3.01. The molecule has 0 saturated carbocycles. The summed E-state index contributed by atoms with van der Waals surface area (Å²) < 4.78 is 26.3. The zero-order chi connectivity index (χ0) is 24.0. The minimum absolute atomic E-state index is 0.120. The van der Waals surface area contributed by atoms with Gasteiger partial charge in [-0.15, -0.1) is 0 Å². The maximum Gasteiger partial charge on any atom is 0.222 e. The van der Waals surface area contributed by atoms with Gasteiger partial charge in [0.15, 0.2) is 0 Å². The normalized spacial score (nSPS) is 23.7. The molecular weight excluding hydrogens is 448 g/mol. The molecule has 1 spiro atoms. The summed E-state index contributed by atoms with van der Waals surface area (Å²) in [7, 11) is 1.98. The third-order valence-electron chi connectivity index (χ3n) is 7.14. The van der Waals surface area contributed by atoms with E-state index in [1.165, 1.54) is 6.92 Å². The van der Waals surface area contributed by atoms with Crippen LogP contribution in [0.2, 0.25) is 0 Å². The number of amides is 1. The molecule has 2 unspecified atom stereocenters. The lowest BCUT2D eigenvalue weighted by atomic mass is 9.89. The molecule has 9 heteroatoms. The fourth-order valence-electron chi connectivity index (χ4n) is 5.39. The van der Waals surface area contributed by atoms with E-state index in [4.69, 9.17) is 23.9 Å². The van der Waals surface area contributed by atoms with Crippen molar-refractivity contribution >= 4 is 22.6 Å². The summed E-state index contributed by atoms with van der Waals surface area (Å²) in [6.45, 7) is 4.55. The first-order valence-corrected chi connectivity index (χ1v) is 12.3. The number of carbonyl (C=O) groups excluding carboxylic acids is 1. The van der Waals surface area contributed by atoms with Gasteiger partial charge in [0.25, 0.3) is 0 Å². The van der Waals surface area contributed by atoms with Gasteiger partial charge in [0.1, 0.15) is 23.8 Å². The summed E-state index contributed by atoms with van der Waals surface area (Å²) in [6, 6.07) is 3.93. The minimum atomic E-state index is -0.543. The third-order valence-corrected chi connectivity index (χ3v) is 7.14. The van der Waals surface area contributed by atoms with Gasteiger partial charge >= 0.3 is 0 Å². The highest BCUT2D eigenvalue weighted by atomic mass is 16.6. The van der Waals surface area contributed by atoms with Crippen LogP contribution in [0, 0.1) is 0 Å². The molecule has 0 aromatic carbocycles. The van der Waals surface area contributed by atoms with Crippen LogP contribution in [-0.2, 0) is 38.1 Å². The van der Waals surface area contributed by atoms with Crippen molar-refractivity contribution in [1.82, 2.24) is 14.5 Å². The molecule has 2 atom stereocenters. The predicted octanol–water partition coefficient (Wildman–Crippen LogP) is 3.34. The van der Waals surface area contributed by atoms with Gasteiger partial charge in [-0.05, 0) is 18.9 Å². The Balaban J connectivity index is 1.48. The van der Waals surface area contributed by atoms with Gasteiger partial charge in [0.05, 0.1) is 42.4 Å². The Kier molecular flexibility index (Phi) is 5.70. The predicted molar refractivity (Wildman–Crippen MR) is 129 cm³/mol. The molecule has 0 bridgehead atoms. The van der Waals surface area contributed by atoms with Gasteiger partial charge in [0.2, 0.25) is 5.91 Å². The molecule has 6 rings (SSSR count). The molecule has 3 aromatic rings. The van der Waals surface area contributed by atoms with Crippen molar-refractivity contribution in [1.29, 1.82) is 0 Å². The largest absolute Gasteiger partial charge is 0.490 e. The van der Waals surface area contributed by atoms with Crippen molar-refractivity contribution in [3.8, 4) is 17.0 Å². The van der Waals surface area contributed by atoms with Gasteiger partial charge in [-0.1, -0.05) is 0 Å². The van der Waals surface area contributed by atoms with Crippen LogP contribution in [-0.4, -0.2) is 59.6 Å². The number of hydrogen-bond acceptors (Lipinski definition) is 7. The molecule has 2 saturated heterocycles. The Morgan fingerprint density at radius 2 is 2.23 bits per heavy atom. The van der Waals surface area contributed by atoms with Crippen LogP contribution in [0.3, 0.4) is 0 Å². The number of carbonyl (C=O) groups is 1. The van der Waals surface area contributed by atoms with Crippen LogP contribution >= 0.6 is 0 Å². The highest BCUT2D eigenvalue weighted by molar-refractivity contribution is 5.98. The van der Waals surface area contributed by atoms with Gasteiger partial charge in [-0.2, -0.15) is 0 Å². The molecule has 0 aliphatic carbocycles. The highest BCUT2D eigenvalue weighted by Crippen LogP contribution is 2.44. The Bertz CT molecular complexity index is 1270. The summed E-state index contributed by atoms with van der Waals surface area (Å²) in [5.74, 6) is 1.18. The average molecular weight is 479 g/mol. The topological polar surface area (TPSA) is 96.7 Å². The number of nitrogens with zero attached hydrogens (tertiary/aromatic N) is 3. The molecule has 3 aromatic heterocycles. The molecule has 1 amide bonds. The summed E-state index contributed by atoms with van der Waals surface area (Å²) in [4.78, 5) is 21.2. The van der Waals surface area contributed by atoms with Gasteiger partial charge < -0.3 is 28.8 Å². The van der Waals surface area contributed by atoms with E-state index < -0.39 is 5.60 Å². The zero-order valence-corrected chi connectivity index (χ0v) is 20.1. The lowest BCUT2D eigenvalue weighted by Crippen LogP contribution is -2.37. The number of aromatic nitrogens is 3. The second-order valence-electron chi connectivity index (χ2n) is 9.60. The molecule has 0 radical (unpaired) electrons. The Morgan fingerprint density at radius 3 is 3.00 bits per heavy atom. The van der Waals surface area contributed by atoms with Gasteiger partial charge in [-0.3, -0.25) is 4.79 Å². The standard InChI is InChI=1S/C26H30N4O5/c1-16(31)28-24-10-19-20(13-30(2)22(19)12-27-24)21-11-23(34-14-17-4-3-7-33-17)18-5-8-35-26(25(18)29-21)6-9-32-15-26/h10-13,17H,3-9,14-15H2,1-2H3,(H,27,28,31). The maximum absolute atomic E-state index is 11.6. The maximum atomic E-state index is 11.6. The average Bonchev–Trinajstić information content (AvgIpc) is 3.59. The lowest BCUT2D eigenvalue weighted by Gasteiger charge is -2.34. The smallest absolute Gasteiger partial charge is 0.222 e. The number of fused-ring (bicyclic) bond motifs is 3. The number of ether oxygens (including phenoxy) is 4. The molecule has 2 fully saturated rings. The van der Waals surface area contributed by atoms with Crippen molar-refractivity contribution in [3.05, 3.63) is 35.8 Å². The van der Waals surface area contributed by atoms with Crippen LogP contribution in [0.25, 0.3) is 22.2 Å². The van der Waals surface area contributed by atoms with Crippen molar-refractivity contribution in [2.24, 2.45) is 7.05 Å². The van der Waals surface area contributed by atoms with Crippen LogP contribution in [0.1, 0.15) is 37.4 Å². The molecule has 9 nitrogen and oxygen atoms in total. The minimum Gasteiger partial charge on any atom is -0.490 e. The van der Waals surface area contributed by atoms with Crippen molar-refractivity contribution in [3.63, 3.8) is 0 Å². The van der Waals surface area contributed by atoms with Gasteiger partial charge in [0, 0.05) is 68.8 Å². The van der Waals surface area contributed by atoms with Crippen LogP contribution in [0.15, 0.2) is 24.5 Å². The summed E-state index contributed by atoms with van der Waals surface area (Å²) in [6.07, 6.45) is 7.54. The van der Waals surface area contributed by atoms with E-state index in [0.717, 1.165) is 71.5 Å². The van der Waals surface area contributed by atoms with E-state index in [0.29, 0.717) is 32.2 Å². The third kappa shape index (κ3) is 4.07. The summed E-state index contributed by atoms with van der Waals surface area (Å²) in [5.41, 5.74) is 4.16. The zero-order valence-electron chi connectivity index (χ0n) is 20.1. The number of aryl methyl sites for hydroxylation is 1. The molecule has 3 aliphatic heterocycles. The van der Waals surface area contributed by atoms with E-state index in [1.54, 1.807) is 6.20 Å². The van der Waals surface area contributed by atoms with E-state index in [1.807, 2.05) is 29.9 Å². The fourth-order valence-corrected chi connectivity index (χ4v) is 5.39. The van der Waals surface area contributed by atoms with E-state index in [-0.39, 0.29) is 12.0 Å².